The molecule has 25 heavy (non-hydrogen) atoms. The number of carbonyl (C=O) groups excluding carboxylic acids is 1. The van der Waals surface area contributed by atoms with Gasteiger partial charge in [0.1, 0.15) is 0 Å². The van der Waals surface area contributed by atoms with Crippen molar-refractivity contribution in [1.29, 1.82) is 0 Å². The van der Waals surface area contributed by atoms with Gasteiger partial charge in [-0.15, -0.1) is 0 Å². The van der Waals surface area contributed by atoms with Crippen molar-refractivity contribution in [2.75, 3.05) is 27.0 Å². The van der Waals surface area contributed by atoms with Crippen molar-refractivity contribution >= 4 is 5.91 Å². The average molecular weight is 346 g/mol. The third-order valence-corrected chi connectivity index (χ3v) is 5.43. The summed E-state index contributed by atoms with van der Waals surface area (Å²) in [5, 5.41) is 3.64. The van der Waals surface area contributed by atoms with Crippen molar-refractivity contribution in [3.05, 3.63) is 17.7 Å². The molecule has 6 heteroatoms. The third-order valence-electron chi connectivity index (χ3n) is 5.43. The van der Waals surface area contributed by atoms with E-state index in [-0.39, 0.29) is 6.79 Å². The molecule has 2 atom stereocenters. The molecular weight excluding hydrogens is 320 g/mol. The van der Waals surface area contributed by atoms with Crippen LogP contribution in [0.25, 0.3) is 0 Å². The Morgan fingerprint density at radius 2 is 2.16 bits per heavy atom. The second kappa shape index (κ2) is 6.75. The van der Waals surface area contributed by atoms with Crippen LogP contribution in [0.4, 0.5) is 0 Å². The van der Waals surface area contributed by atoms with Gasteiger partial charge in [0.15, 0.2) is 11.5 Å². The van der Waals surface area contributed by atoms with Gasteiger partial charge >= 0.3 is 0 Å². The van der Waals surface area contributed by atoms with Gasteiger partial charge in [-0.3, -0.25) is 4.79 Å². The number of amides is 1. The summed E-state index contributed by atoms with van der Waals surface area (Å²) in [6, 6.07) is 4.42. The van der Waals surface area contributed by atoms with Gasteiger partial charge in [-0.25, -0.2) is 0 Å². The molecule has 0 radical (unpaired) electrons. The van der Waals surface area contributed by atoms with E-state index in [2.05, 4.69) is 17.1 Å². The maximum Gasteiger partial charge on any atom is 0.231 e. The maximum atomic E-state index is 12.2. The van der Waals surface area contributed by atoms with Gasteiger partial charge in [0, 0.05) is 31.6 Å². The number of rotatable bonds is 5. The molecule has 0 aromatic heterocycles. The molecule has 1 saturated heterocycles. The van der Waals surface area contributed by atoms with Crippen LogP contribution in [0.2, 0.25) is 0 Å². The first-order valence-electron chi connectivity index (χ1n) is 9.14. The minimum absolute atomic E-state index is 0.243. The fraction of sp³-hybridized carbons (Fsp3) is 0.632. The molecule has 1 aliphatic carbocycles. The Bertz CT molecular complexity index is 659. The van der Waals surface area contributed by atoms with Gasteiger partial charge in [0.05, 0.1) is 7.11 Å². The van der Waals surface area contributed by atoms with E-state index in [0.29, 0.717) is 35.3 Å². The number of methoxy groups -OCH3 is 1. The molecule has 3 aliphatic rings. The molecule has 1 amide bonds. The molecule has 2 heterocycles. The zero-order valence-electron chi connectivity index (χ0n) is 14.9. The number of nitrogens with one attached hydrogen (secondary N) is 1. The van der Waals surface area contributed by atoms with E-state index in [0.717, 1.165) is 50.2 Å². The molecule has 0 bridgehead atoms. The molecule has 6 nitrogen and oxygen atoms in total. The highest BCUT2D eigenvalue weighted by molar-refractivity contribution is 5.81. The standard InChI is InChI=1S/C19H26N2O4/c1-12-10-21(19(22)14-3-4-14)6-5-15(12)20-9-13-7-16(23-2)18-17(8-13)24-11-25-18/h7-8,12,14-15,20H,3-6,9-11H2,1-2H3/t12-,15-/m0/s1. The number of nitrogens with zero attached hydrogens (tertiary/aromatic N) is 1. The third kappa shape index (κ3) is 3.40. The molecule has 2 aliphatic heterocycles. The molecule has 1 aromatic rings. The summed E-state index contributed by atoms with van der Waals surface area (Å²) in [6.45, 7) is 4.94. The minimum Gasteiger partial charge on any atom is -0.493 e. The normalized spacial score (nSPS) is 25.1. The Hall–Kier alpha value is -1.95. The van der Waals surface area contributed by atoms with E-state index < -0.39 is 0 Å². The van der Waals surface area contributed by atoms with Crippen molar-refractivity contribution in [3.63, 3.8) is 0 Å². The SMILES string of the molecule is COc1cc(CN[C@H]2CCN(C(=O)C3CC3)C[C@@H]2C)cc2c1OCO2. The van der Waals surface area contributed by atoms with Crippen LogP contribution in [-0.4, -0.2) is 43.8 Å². The van der Waals surface area contributed by atoms with E-state index in [4.69, 9.17) is 14.2 Å². The van der Waals surface area contributed by atoms with Crippen LogP contribution < -0.4 is 19.5 Å². The lowest BCUT2D eigenvalue weighted by Crippen LogP contribution is -2.50. The van der Waals surface area contributed by atoms with Gasteiger partial charge in [-0.2, -0.15) is 0 Å². The number of hydrogen-bond donors (Lipinski definition) is 1. The lowest BCUT2D eigenvalue weighted by Gasteiger charge is -2.37. The first-order valence-corrected chi connectivity index (χ1v) is 9.14. The maximum absolute atomic E-state index is 12.2. The molecule has 1 saturated carbocycles. The lowest BCUT2D eigenvalue weighted by atomic mass is 9.93. The topological polar surface area (TPSA) is 60.0 Å². The van der Waals surface area contributed by atoms with Gasteiger partial charge in [-0.05, 0) is 42.9 Å². The number of carbonyl (C=O) groups is 1. The summed E-state index contributed by atoms with van der Waals surface area (Å²) >= 11 is 0. The number of piperidine rings is 1. The summed E-state index contributed by atoms with van der Waals surface area (Å²) in [7, 11) is 1.64. The van der Waals surface area contributed by atoms with E-state index >= 15 is 0 Å². The van der Waals surface area contributed by atoms with Crippen molar-refractivity contribution in [3.8, 4) is 17.2 Å². The van der Waals surface area contributed by atoms with Gasteiger partial charge < -0.3 is 24.4 Å². The Labute approximate surface area is 148 Å². The fourth-order valence-corrected chi connectivity index (χ4v) is 3.77. The molecule has 1 N–H and O–H groups in total. The molecule has 4 rings (SSSR count). The van der Waals surface area contributed by atoms with Crippen molar-refractivity contribution in [1.82, 2.24) is 10.2 Å². The molecule has 1 aromatic carbocycles. The molecular formula is C19H26N2O4. The smallest absolute Gasteiger partial charge is 0.231 e. The Morgan fingerprint density at radius 1 is 1.32 bits per heavy atom. The molecule has 0 unspecified atom stereocenters. The van der Waals surface area contributed by atoms with Crippen molar-refractivity contribution < 1.29 is 19.0 Å². The zero-order chi connectivity index (χ0) is 17.4. The van der Waals surface area contributed by atoms with Crippen molar-refractivity contribution in [2.24, 2.45) is 11.8 Å². The molecule has 136 valence electrons. The van der Waals surface area contributed by atoms with Crippen LogP contribution in [-0.2, 0) is 11.3 Å². The summed E-state index contributed by atoms with van der Waals surface area (Å²) in [5.41, 5.74) is 1.12. The predicted molar refractivity (Wildman–Crippen MR) is 92.8 cm³/mol. The monoisotopic (exact) mass is 346 g/mol. The lowest BCUT2D eigenvalue weighted by molar-refractivity contribution is -0.134. The average Bonchev–Trinajstić information content (AvgIpc) is 3.36. The highest BCUT2D eigenvalue weighted by Gasteiger charge is 2.36. The quantitative estimate of drug-likeness (QED) is 0.885. The first kappa shape index (κ1) is 16.5. The summed E-state index contributed by atoms with van der Waals surface area (Å²) in [4.78, 5) is 14.3. The van der Waals surface area contributed by atoms with Gasteiger partial charge in [0.2, 0.25) is 18.4 Å². The number of ether oxygens (including phenoxy) is 3. The van der Waals surface area contributed by atoms with Crippen LogP contribution in [0.1, 0.15) is 31.7 Å². The summed E-state index contributed by atoms with van der Waals surface area (Å²) in [6.07, 6.45) is 3.16. The first-order chi connectivity index (χ1) is 12.2. The number of benzene rings is 1. The highest BCUT2D eigenvalue weighted by atomic mass is 16.7. The molecule has 0 spiro atoms. The van der Waals surface area contributed by atoms with Gasteiger partial charge in [-0.1, -0.05) is 6.92 Å². The number of fused-ring (bicyclic) bond motifs is 1. The van der Waals surface area contributed by atoms with Crippen LogP contribution in [0.5, 0.6) is 17.2 Å². The van der Waals surface area contributed by atoms with Crippen molar-refractivity contribution in [2.45, 2.75) is 38.8 Å². The van der Waals surface area contributed by atoms with E-state index in [1.165, 1.54) is 0 Å². The van der Waals surface area contributed by atoms with Crippen LogP contribution >= 0.6 is 0 Å². The fourth-order valence-electron chi connectivity index (χ4n) is 3.77. The Balaban J connectivity index is 1.35. The van der Waals surface area contributed by atoms with Crippen LogP contribution in [0.3, 0.4) is 0 Å². The number of hydrogen-bond acceptors (Lipinski definition) is 5. The Kier molecular flexibility index (Phi) is 4.46. The van der Waals surface area contributed by atoms with Crippen LogP contribution in [0.15, 0.2) is 12.1 Å². The second-order valence-electron chi connectivity index (χ2n) is 7.34. The summed E-state index contributed by atoms with van der Waals surface area (Å²) in [5.74, 6) is 3.28. The van der Waals surface area contributed by atoms with E-state index in [1.54, 1.807) is 7.11 Å². The van der Waals surface area contributed by atoms with Gasteiger partial charge in [0.25, 0.3) is 0 Å². The predicted octanol–water partition coefficient (Wildman–Crippen LogP) is 2.16. The number of likely N-dealkylation sites (tertiary alicyclic amines) is 1. The summed E-state index contributed by atoms with van der Waals surface area (Å²) < 4.78 is 16.3. The largest absolute Gasteiger partial charge is 0.493 e. The highest BCUT2D eigenvalue weighted by Crippen LogP contribution is 2.41. The van der Waals surface area contributed by atoms with E-state index in [1.807, 2.05) is 12.1 Å². The minimum atomic E-state index is 0.243. The zero-order valence-corrected chi connectivity index (χ0v) is 14.9. The Morgan fingerprint density at radius 3 is 2.88 bits per heavy atom. The van der Waals surface area contributed by atoms with E-state index in [9.17, 15) is 4.79 Å². The second-order valence-corrected chi connectivity index (χ2v) is 7.34. The van der Waals surface area contributed by atoms with Crippen LogP contribution in [0, 0.1) is 11.8 Å². The molecule has 2 fully saturated rings.